The molecule has 10 rings (SSSR count). The fourth-order valence-corrected chi connectivity index (χ4v) is 8.89. The topological polar surface area (TPSA) is 3.24 Å². The minimum atomic E-state index is 1.11. The summed E-state index contributed by atoms with van der Waals surface area (Å²) in [6.07, 6.45) is 0. The number of benzene rings is 9. The van der Waals surface area contributed by atoms with Gasteiger partial charge < -0.3 is 4.90 Å². The van der Waals surface area contributed by atoms with Gasteiger partial charge in [-0.25, -0.2) is 0 Å². The molecule has 1 heterocycles. The quantitative estimate of drug-likeness (QED) is 0.167. The molecule has 1 aromatic heterocycles. The summed E-state index contributed by atoms with van der Waals surface area (Å²) in [5.74, 6) is 0. The Morgan fingerprint density at radius 3 is 1.84 bits per heavy atom. The second-order valence-electron chi connectivity index (χ2n) is 12.9. The van der Waals surface area contributed by atoms with Crippen LogP contribution in [0.5, 0.6) is 0 Å². The van der Waals surface area contributed by atoms with E-state index in [2.05, 4.69) is 193 Å². The van der Waals surface area contributed by atoms with Crippen LogP contribution >= 0.6 is 11.3 Å². The standard InChI is InChI=1S/C48H31NS/c1-2-12-32(13-3-1)41-17-8-10-20-44(41)49(38-28-29-40-36(30-38)23-22-33-14-4-6-16-39(33)40)37-26-24-34(25-27-37)47-42-18-7-5-15-35(42)31-46-48(47)43-19-9-11-21-45(43)50-46/h1-31H. The summed E-state index contributed by atoms with van der Waals surface area (Å²) in [5, 5.41) is 10.2. The van der Waals surface area contributed by atoms with Crippen LogP contribution in [0.1, 0.15) is 0 Å². The zero-order chi connectivity index (χ0) is 33.0. The van der Waals surface area contributed by atoms with Crippen molar-refractivity contribution in [1.82, 2.24) is 0 Å². The number of hydrogen-bond acceptors (Lipinski definition) is 2. The highest BCUT2D eigenvalue weighted by Gasteiger charge is 2.20. The Labute approximate surface area is 294 Å². The molecule has 0 fully saturated rings. The summed E-state index contributed by atoms with van der Waals surface area (Å²) in [5.41, 5.74) is 8.29. The van der Waals surface area contributed by atoms with E-state index in [0.29, 0.717) is 0 Å². The lowest BCUT2D eigenvalue weighted by Crippen LogP contribution is -2.11. The van der Waals surface area contributed by atoms with E-state index in [9.17, 15) is 0 Å². The summed E-state index contributed by atoms with van der Waals surface area (Å²) < 4.78 is 2.65. The summed E-state index contributed by atoms with van der Waals surface area (Å²) in [6.45, 7) is 0. The highest BCUT2D eigenvalue weighted by atomic mass is 32.1. The van der Waals surface area contributed by atoms with Crippen LogP contribution in [0.4, 0.5) is 17.1 Å². The van der Waals surface area contributed by atoms with E-state index >= 15 is 0 Å². The molecule has 0 aliphatic heterocycles. The first-order chi connectivity index (χ1) is 24.8. The number of fused-ring (bicyclic) bond motifs is 7. The van der Waals surface area contributed by atoms with Gasteiger partial charge in [-0.3, -0.25) is 0 Å². The number of thiophene rings is 1. The first kappa shape index (κ1) is 28.8. The molecular formula is C48H31NS. The van der Waals surface area contributed by atoms with Crippen LogP contribution in [0.15, 0.2) is 188 Å². The number of para-hydroxylation sites is 1. The van der Waals surface area contributed by atoms with E-state index < -0.39 is 0 Å². The molecule has 50 heavy (non-hydrogen) atoms. The highest BCUT2D eigenvalue weighted by Crippen LogP contribution is 2.46. The molecule has 0 saturated carbocycles. The average molecular weight is 654 g/mol. The second kappa shape index (κ2) is 11.7. The van der Waals surface area contributed by atoms with E-state index in [0.717, 1.165) is 17.1 Å². The van der Waals surface area contributed by atoms with Crippen molar-refractivity contribution in [3.05, 3.63) is 188 Å². The maximum absolute atomic E-state index is 2.42. The monoisotopic (exact) mass is 653 g/mol. The van der Waals surface area contributed by atoms with Gasteiger partial charge in [-0.05, 0) is 91.5 Å². The van der Waals surface area contributed by atoms with Crippen LogP contribution in [0.25, 0.3) is 74.7 Å². The Morgan fingerprint density at radius 2 is 0.980 bits per heavy atom. The fraction of sp³-hybridized carbons (Fsp3) is 0. The zero-order valence-electron chi connectivity index (χ0n) is 27.3. The molecule has 9 aromatic carbocycles. The van der Waals surface area contributed by atoms with E-state index in [1.165, 1.54) is 74.7 Å². The van der Waals surface area contributed by atoms with Gasteiger partial charge in [-0.15, -0.1) is 11.3 Å². The van der Waals surface area contributed by atoms with Crippen molar-refractivity contribution in [2.24, 2.45) is 0 Å². The smallest absolute Gasteiger partial charge is 0.0540 e. The predicted octanol–water partition coefficient (Wildman–Crippen LogP) is 14.3. The van der Waals surface area contributed by atoms with Gasteiger partial charge in [-0.2, -0.15) is 0 Å². The van der Waals surface area contributed by atoms with Crippen LogP contribution in [0.3, 0.4) is 0 Å². The molecule has 0 N–H and O–H groups in total. The van der Waals surface area contributed by atoms with Crippen molar-refractivity contribution in [1.29, 1.82) is 0 Å². The maximum atomic E-state index is 2.42. The lowest BCUT2D eigenvalue weighted by atomic mass is 9.93. The molecule has 0 atom stereocenters. The van der Waals surface area contributed by atoms with Gasteiger partial charge in [-0.1, -0.05) is 146 Å². The highest BCUT2D eigenvalue weighted by molar-refractivity contribution is 7.26. The number of hydrogen-bond donors (Lipinski definition) is 0. The zero-order valence-corrected chi connectivity index (χ0v) is 28.1. The van der Waals surface area contributed by atoms with E-state index in [4.69, 9.17) is 0 Å². The molecule has 0 amide bonds. The fourth-order valence-electron chi connectivity index (χ4n) is 7.72. The largest absolute Gasteiger partial charge is 0.310 e. The van der Waals surface area contributed by atoms with Crippen molar-refractivity contribution in [3.8, 4) is 22.3 Å². The van der Waals surface area contributed by atoms with Gasteiger partial charge in [0.15, 0.2) is 0 Å². The first-order valence-corrected chi connectivity index (χ1v) is 17.9. The lowest BCUT2D eigenvalue weighted by Gasteiger charge is -2.28. The van der Waals surface area contributed by atoms with Gasteiger partial charge in [0, 0.05) is 37.1 Å². The van der Waals surface area contributed by atoms with Crippen LogP contribution in [0, 0.1) is 0 Å². The van der Waals surface area contributed by atoms with Crippen molar-refractivity contribution in [2.45, 2.75) is 0 Å². The molecule has 0 aliphatic carbocycles. The SMILES string of the molecule is c1ccc(-c2ccccc2N(c2ccc(-c3c4ccccc4cc4sc5ccccc5c34)cc2)c2ccc3c(ccc4ccccc43)c2)cc1. The molecule has 234 valence electrons. The van der Waals surface area contributed by atoms with Crippen molar-refractivity contribution < 1.29 is 0 Å². The van der Waals surface area contributed by atoms with Crippen LogP contribution in [0.2, 0.25) is 0 Å². The Balaban J connectivity index is 1.19. The molecule has 0 spiro atoms. The Bertz CT molecular complexity index is 2870. The minimum Gasteiger partial charge on any atom is -0.310 e. The van der Waals surface area contributed by atoms with Gasteiger partial charge in [0.1, 0.15) is 0 Å². The van der Waals surface area contributed by atoms with Gasteiger partial charge in [0.25, 0.3) is 0 Å². The Hall–Kier alpha value is -6.22. The molecule has 0 unspecified atom stereocenters. The summed E-state index contributed by atoms with van der Waals surface area (Å²) in [7, 11) is 0. The number of rotatable bonds is 5. The van der Waals surface area contributed by atoms with Crippen LogP contribution < -0.4 is 4.90 Å². The molecule has 0 saturated heterocycles. The van der Waals surface area contributed by atoms with Crippen molar-refractivity contribution >= 4 is 80.9 Å². The maximum Gasteiger partial charge on any atom is 0.0540 e. The van der Waals surface area contributed by atoms with Gasteiger partial charge >= 0.3 is 0 Å². The molecule has 1 nitrogen and oxygen atoms in total. The minimum absolute atomic E-state index is 1.11. The molecule has 0 bridgehead atoms. The average Bonchev–Trinajstić information content (AvgIpc) is 3.56. The van der Waals surface area contributed by atoms with Gasteiger partial charge in [0.05, 0.1) is 5.69 Å². The molecule has 0 aliphatic rings. The predicted molar refractivity (Wildman–Crippen MR) is 217 cm³/mol. The molecule has 0 radical (unpaired) electrons. The van der Waals surface area contributed by atoms with Crippen LogP contribution in [-0.4, -0.2) is 0 Å². The normalized spacial score (nSPS) is 11.6. The third-order valence-corrected chi connectivity index (χ3v) is 11.1. The first-order valence-electron chi connectivity index (χ1n) is 17.1. The van der Waals surface area contributed by atoms with Crippen molar-refractivity contribution in [2.75, 3.05) is 4.90 Å². The lowest BCUT2D eigenvalue weighted by molar-refractivity contribution is 1.29. The Kier molecular flexibility index (Phi) is 6.75. The van der Waals surface area contributed by atoms with Crippen LogP contribution in [-0.2, 0) is 0 Å². The van der Waals surface area contributed by atoms with Gasteiger partial charge in [0.2, 0.25) is 0 Å². The van der Waals surface area contributed by atoms with Crippen molar-refractivity contribution in [3.63, 3.8) is 0 Å². The second-order valence-corrected chi connectivity index (χ2v) is 14.0. The van der Waals surface area contributed by atoms with E-state index in [1.54, 1.807) is 0 Å². The van der Waals surface area contributed by atoms with E-state index in [-0.39, 0.29) is 0 Å². The summed E-state index contributed by atoms with van der Waals surface area (Å²) in [6, 6.07) is 68.7. The molecule has 10 aromatic rings. The Morgan fingerprint density at radius 1 is 0.360 bits per heavy atom. The summed E-state index contributed by atoms with van der Waals surface area (Å²) >= 11 is 1.88. The summed E-state index contributed by atoms with van der Waals surface area (Å²) in [4.78, 5) is 2.42. The third-order valence-electron chi connectivity index (χ3n) is 10.0. The third kappa shape index (κ3) is 4.69. The molecular weight excluding hydrogens is 623 g/mol. The number of anilines is 3. The van der Waals surface area contributed by atoms with E-state index in [1.807, 2.05) is 11.3 Å². The number of nitrogens with zero attached hydrogens (tertiary/aromatic N) is 1. The molecule has 2 heteroatoms.